The molecular formula is C13H26N2O2. The summed E-state index contributed by atoms with van der Waals surface area (Å²) in [5, 5.41) is 9.97. The number of rotatable bonds is 4. The van der Waals surface area contributed by atoms with Crippen molar-refractivity contribution < 1.29 is 9.84 Å². The number of morpholine rings is 1. The number of ether oxygens (including phenoxy) is 1. The van der Waals surface area contributed by atoms with E-state index in [1.807, 2.05) is 6.92 Å². The third-order valence-corrected chi connectivity index (χ3v) is 4.22. The predicted octanol–water partition coefficient (Wildman–Crippen LogP) is 0.730. The van der Waals surface area contributed by atoms with E-state index in [0.29, 0.717) is 18.7 Å². The number of hydrogen-bond donors (Lipinski definition) is 2. The maximum atomic E-state index is 9.97. The fourth-order valence-electron chi connectivity index (χ4n) is 2.94. The first kappa shape index (κ1) is 13.3. The van der Waals surface area contributed by atoms with Crippen molar-refractivity contribution in [1.29, 1.82) is 0 Å². The molecule has 4 nitrogen and oxygen atoms in total. The lowest BCUT2D eigenvalue weighted by Crippen LogP contribution is -2.53. The molecule has 0 amide bonds. The first-order valence-electron chi connectivity index (χ1n) is 6.90. The van der Waals surface area contributed by atoms with Gasteiger partial charge in [0.15, 0.2) is 0 Å². The third kappa shape index (κ3) is 3.41. The molecular weight excluding hydrogens is 216 g/mol. The van der Waals surface area contributed by atoms with Crippen LogP contribution in [0.2, 0.25) is 0 Å². The summed E-state index contributed by atoms with van der Waals surface area (Å²) in [7, 11) is 0. The standard InChI is InChI=1S/C13H26N2O2/c1-13(16,10-14)6-7-15-8-9-17-12-5-3-2-4-11(12)15/h11-12,16H,2-10,14H2,1H3. The van der Waals surface area contributed by atoms with Crippen molar-refractivity contribution in [2.45, 2.75) is 56.8 Å². The van der Waals surface area contributed by atoms with Crippen molar-refractivity contribution in [3.63, 3.8) is 0 Å². The molecule has 0 aromatic rings. The average molecular weight is 242 g/mol. The molecule has 1 saturated heterocycles. The molecule has 4 heteroatoms. The molecule has 0 radical (unpaired) electrons. The molecule has 100 valence electrons. The Morgan fingerprint density at radius 3 is 2.94 bits per heavy atom. The second kappa shape index (κ2) is 5.65. The highest BCUT2D eigenvalue weighted by Gasteiger charge is 2.34. The van der Waals surface area contributed by atoms with Crippen LogP contribution in [0.4, 0.5) is 0 Å². The van der Waals surface area contributed by atoms with Gasteiger partial charge in [0, 0.05) is 25.7 Å². The van der Waals surface area contributed by atoms with Gasteiger partial charge in [-0.1, -0.05) is 12.8 Å². The topological polar surface area (TPSA) is 58.7 Å². The van der Waals surface area contributed by atoms with E-state index >= 15 is 0 Å². The van der Waals surface area contributed by atoms with Crippen molar-refractivity contribution in [3.8, 4) is 0 Å². The van der Waals surface area contributed by atoms with Crippen molar-refractivity contribution in [1.82, 2.24) is 4.90 Å². The largest absolute Gasteiger partial charge is 0.389 e. The summed E-state index contributed by atoms with van der Waals surface area (Å²) in [6.07, 6.45) is 6.25. The monoisotopic (exact) mass is 242 g/mol. The summed E-state index contributed by atoms with van der Waals surface area (Å²) in [6.45, 7) is 4.94. The maximum Gasteiger partial charge on any atom is 0.0753 e. The van der Waals surface area contributed by atoms with Crippen LogP contribution in [0.1, 0.15) is 39.0 Å². The number of nitrogens with two attached hydrogens (primary N) is 1. The minimum absolute atomic E-state index is 0.339. The zero-order valence-electron chi connectivity index (χ0n) is 10.9. The molecule has 0 aromatic carbocycles. The van der Waals surface area contributed by atoms with Crippen LogP contribution in [0, 0.1) is 0 Å². The zero-order valence-corrected chi connectivity index (χ0v) is 10.9. The van der Waals surface area contributed by atoms with Crippen LogP contribution in [0.15, 0.2) is 0 Å². The second-order valence-corrected chi connectivity index (χ2v) is 5.75. The molecule has 1 aliphatic heterocycles. The highest BCUT2D eigenvalue weighted by molar-refractivity contribution is 4.88. The Morgan fingerprint density at radius 2 is 2.18 bits per heavy atom. The fraction of sp³-hybridized carbons (Fsp3) is 1.00. The first-order valence-corrected chi connectivity index (χ1v) is 6.90. The molecule has 1 aliphatic carbocycles. The van der Waals surface area contributed by atoms with Gasteiger partial charge in [0.1, 0.15) is 0 Å². The predicted molar refractivity (Wildman–Crippen MR) is 67.9 cm³/mol. The van der Waals surface area contributed by atoms with Crippen LogP contribution in [-0.4, -0.2) is 54.0 Å². The van der Waals surface area contributed by atoms with E-state index in [1.54, 1.807) is 0 Å². The second-order valence-electron chi connectivity index (χ2n) is 5.75. The van der Waals surface area contributed by atoms with Gasteiger partial charge in [-0.15, -0.1) is 0 Å². The minimum atomic E-state index is -0.720. The Kier molecular flexibility index (Phi) is 4.42. The highest BCUT2D eigenvalue weighted by atomic mass is 16.5. The van der Waals surface area contributed by atoms with Crippen LogP contribution < -0.4 is 5.73 Å². The number of aliphatic hydroxyl groups is 1. The number of nitrogens with zero attached hydrogens (tertiary/aromatic N) is 1. The minimum Gasteiger partial charge on any atom is -0.389 e. The molecule has 2 rings (SSSR count). The van der Waals surface area contributed by atoms with Crippen molar-refractivity contribution >= 4 is 0 Å². The summed E-state index contributed by atoms with van der Waals surface area (Å²) >= 11 is 0. The van der Waals surface area contributed by atoms with Crippen molar-refractivity contribution in [2.24, 2.45) is 5.73 Å². The van der Waals surface area contributed by atoms with Gasteiger partial charge in [-0.2, -0.15) is 0 Å². The van der Waals surface area contributed by atoms with Crippen LogP contribution in [0.5, 0.6) is 0 Å². The molecule has 2 fully saturated rings. The molecule has 17 heavy (non-hydrogen) atoms. The molecule has 2 aliphatic rings. The Bertz CT molecular complexity index is 244. The average Bonchev–Trinajstić information content (AvgIpc) is 2.36. The van der Waals surface area contributed by atoms with Gasteiger partial charge < -0.3 is 15.6 Å². The zero-order chi connectivity index (χ0) is 12.3. The van der Waals surface area contributed by atoms with Crippen LogP contribution >= 0.6 is 0 Å². The Hall–Kier alpha value is -0.160. The molecule has 3 atom stereocenters. The smallest absolute Gasteiger partial charge is 0.0753 e. The van der Waals surface area contributed by atoms with Crippen molar-refractivity contribution in [2.75, 3.05) is 26.2 Å². The fourth-order valence-corrected chi connectivity index (χ4v) is 2.94. The van der Waals surface area contributed by atoms with E-state index in [4.69, 9.17) is 10.5 Å². The third-order valence-electron chi connectivity index (χ3n) is 4.22. The molecule has 1 saturated carbocycles. The number of hydrogen-bond acceptors (Lipinski definition) is 4. The van der Waals surface area contributed by atoms with Gasteiger partial charge in [0.25, 0.3) is 0 Å². The van der Waals surface area contributed by atoms with E-state index in [2.05, 4.69) is 4.90 Å². The number of fused-ring (bicyclic) bond motifs is 1. The SMILES string of the molecule is CC(O)(CN)CCN1CCOC2CCCCC21. The molecule has 3 unspecified atom stereocenters. The Morgan fingerprint density at radius 1 is 1.41 bits per heavy atom. The molecule has 0 aromatic heterocycles. The van der Waals surface area contributed by atoms with E-state index in [0.717, 1.165) is 26.1 Å². The van der Waals surface area contributed by atoms with E-state index in [-0.39, 0.29) is 0 Å². The Balaban J connectivity index is 1.86. The summed E-state index contributed by atoms with van der Waals surface area (Å²) in [5.41, 5.74) is 4.84. The van der Waals surface area contributed by atoms with Gasteiger partial charge in [0.05, 0.1) is 18.3 Å². The van der Waals surface area contributed by atoms with Crippen LogP contribution in [0.25, 0.3) is 0 Å². The summed E-state index contributed by atoms with van der Waals surface area (Å²) in [6, 6.07) is 0.575. The van der Waals surface area contributed by atoms with Crippen molar-refractivity contribution in [3.05, 3.63) is 0 Å². The molecule has 1 heterocycles. The lowest BCUT2D eigenvalue weighted by Gasteiger charge is -2.44. The van der Waals surface area contributed by atoms with E-state index in [9.17, 15) is 5.11 Å². The molecule has 3 N–H and O–H groups in total. The quantitative estimate of drug-likeness (QED) is 0.763. The van der Waals surface area contributed by atoms with Gasteiger partial charge in [-0.3, -0.25) is 4.90 Å². The van der Waals surface area contributed by atoms with Gasteiger partial charge in [0.2, 0.25) is 0 Å². The lowest BCUT2D eigenvalue weighted by molar-refractivity contribution is -0.0933. The van der Waals surface area contributed by atoms with Crippen LogP contribution in [0.3, 0.4) is 0 Å². The van der Waals surface area contributed by atoms with Crippen LogP contribution in [-0.2, 0) is 4.74 Å². The van der Waals surface area contributed by atoms with E-state index < -0.39 is 5.60 Å². The summed E-state index contributed by atoms with van der Waals surface area (Å²) in [5.74, 6) is 0. The highest BCUT2D eigenvalue weighted by Crippen LogP contribution is 2.28. The van der Waals surface area contributed by atoms with Gasteiger partial charge in [-0.05, 0) is 26.2 Å². The maximum absolute atomic E-state index is 9.97. The first-order chi connectivity index (χ1) is 8.12. The summed E-state index contributed by atoms with van der Waals surface area (Å²) < 4.78 is 5.84. The normalized spacial score (nSPS) is 34.1. The van der Waals surface area contributed by atoms with E-state index in [1.165, 1.54) is 25.7 Å². The molecule has 0 spiro atoms. The lowest BCUT2D eigenvalue weighted by atomic mass is 9.89. The Labute approximate surface area is 104 Å². The summed E-state index contributed by atoms with van der Waals surface area (Å²) in [4.78, 5) is 2.50. The van der Waals surface area contributed by atoms with Gasteiger partial charge >= 0.3 is 0 Å². The molecule has 0 bridgehead atoms. The van der Waals surface area contributed by atoms with Gasteiger partial charge in [-0.25, -0.2) is 0 Å².